The fraction of sp³-hybridized carbons (Fsp3) is 0.462. The van der Waals surface area contributed by atoms with Crippen molar-refractivity contribution in [2.75, 3.05) is 17.6 Å². The number of nitrogens with one attached hydrogen (secondary N) is 1. The number of aryl methyl sites for hydroxylation is 1. The lowest BCUT2D eigenvalue weighted by Gasteiger charge is -2.13. The molecule has 19 heavy (non-hydrogen) atoms. The zero-order valence-corrected chi connectivity index (χ0v) is 12.4. The Morgan fingerprint density at radius 3 is 2.53 bits per heavy atom. The largest absolute Gasteiger partial charge is 0.465 e. The van der Waals surface area contributed by atoms with Gasteiger partial charge in [-0.15, -0.1) is 0 Å². The molecule has 0 spiro atoms. The highest BCUT2D eigenvalue weighted by Crippen LogP contribution is 2.20. The number of carbonyl (C=O) groups excluding carboxylic acids is 1. The fourth-order valence-electron chi connectivity index (χ4n) is 1.67. The van der Waals surface area contributed by atoms with Gasteiger partial charge in [0.25, 0.3) is 0 Å². The molecule has 0 fully saturated rings. The lowest BCUT2D eigenvalue weighted by Crippen LogP contribution is -2.21. The number of methoxy groups -OCH3 is 1. The molecule has 0 unspecified atom stereocenters. The number of anilines is 1. The van der Waals surface area contributed by atoms with Crippen LogP contribution in [0.2, 0.25) is 0 Å². The van der Waals surface area contributed by atoms with E-state index in [9.17, 15) is 13.2 Å². The summed E-state index contributed by atoms with van der Waals surface area (Å²) in [6.45, 7) is 5.45. The van der Waals surface area contributed by atoms with E-state index in [1.807, 2.05) is 20.8 Å². The first-order chi connectivity index (χ1) is 8.75. The summed E-state index contributed by atoms with van der Waals surface area (Å²) >= 11 is 0. The summed E-state index contributed by atoms with van der Waals surface area (Å²) < 4.78 is 30.9. The Morgan fingerprint density at radius 2 is 2.00 bits per heavy atom. The van der Waals surface area contributed by atoms with Gasteiger partial charge in [-0.1, -0.05) is 25.5 Å². The van der Waals surface area contributed by atoms with Gasteiger partial charge in [0.05, 0.1) is 24.1 Å². The van der Waals surface area contributed by atoms with Gasteiger partial charge < -0.3 is 4.74 Å². The van der Waals surface area contributed by atoms with Gasteiger partial charge in [0.2, 0.25) is 10.0 Å². The number of benzene rings is 1. The summed E-state index contributed by atoms with van der Waals surface area (Å²) in [6, 6.07) is 4.90. The Bertz CT molecular complexity index is 564. The molecule has 6 heteroatoms. The minimum atomic E-state index is -3.47. The van der Waals surface area contributed by atoms with Gasteiger partial charge >= 0.3 is 5.97 Å². The van der Waals surface area contributed by atoms with Gasteiger partial charge in [-0.25, -0.2) is 13.2 Å². The molecule has 0 heterocycles. The molecule has 1 rings (SSSR count). The van der Waals surface area contributed by atoms with Gasteiger partial charge in [-0.3, -0.25) is 4.72 Å². The molecule has 5 nitrogen and oxygen atoms in total. The lowest BCUT2D eigenvalue weighted by atomic mass is 10.1. The second-order valence-electron chi connectivity index (χ2n) is 4.82. The summed E-state index contributed by atoms with van der Waals surface area (Å²) in [5.41, 5.74) is 1.32. The van der Waals surface area contributed by atoms with E-state index in [-0.39, 0.29) is 22.9 Å². The number of rotatable bonds is 5. The molecular weight excluding hydrogens is 266 g/mol. The average molecular weight is 285 g/mol. The normalized spacial score (nSPS) is 11.4. The van der Waals surface area contributed by atoms with Crippen molar-refractivity contribution in [1.82, 2.24) is 0 Å². The fourth-order valence-corrected chi connectivity index (χ4v) is 3.15. The molecule has 1 aromatic rings. The summed E-state index contributed by atoms with van der Waals surface area (Å²) in [6.07, 6.45) is 0. The number of hydrogen-bond acceptors (Lipinski definition) is 4. The number of sulfonamides is 1. The van der Waals surface area contributed by atoms with Crippen LogP contribution >= 0.6 is 0 Å². The highest BCUT2D eigenvalue weighted by molar-refractivity contribution is 7.92. The number of esters is 1. The van der Waals surface area contributed by atoms with Crippen molar-refractivity contribution < 1.29 is 17.9 Å². The van der Waals surface area contributed by atoms with Crippen LogP contribution in [0.5, 0.6) is 0 Å². The molecule has 0 amide bonds. The number of ether oxygens (including phenoxy) is 1. The quantitative estimate of drug-likeness (QED) is 0.842. The monoisotopic (exact) mass is 285 g/mol. The standard InChI is InChI=1S/C13H19NO4S/c1-9(2)8-19(16,17)14-12-6-5-10(3)7-11(12)13(15)18-4/h5-7,9,14H,8H2,1-4H3. The van der Waals surface area contributed by atoms with Gasteiger partial charge in [0, 0.05) is 0 Å². The predicted octanol–water partition coefficient (Wildman–Crippen LogP) is 2.18. The second kappa shape index (κ2) is 6.06. The molecular formula is C13H19NO4S. The van der Waals surface area contributed by atoms with E-state index in [0.717, 1.165) is 5.56 Å². The Labute approximate surface area is 114 Å². The minimum absolute atomic E-state index is 0.00148. The van der Waals surface area contributed by atoms with E-state index in [1.54, 1.807) is 18.2 Å². The Morgan fingerprint density at radius 1 is 1.37 bits per heavy atom. The topological polar surface area (TPSA) is 72.5 Å². The molecule has 0 bridgehead atoms. The van der Waals surface area contributed by atoms with Gasteiger partial charge in [0.15, 0.2) is 0 Å². The molecule has 0 aliphatic heterocycles. The summed E-state index contributed by atoms with van der Waals surface area (Å²) in [5, 5.41) is 0. The Balaban J connectivity index is 3.11. The van der Waals surface area contributed by atoms with Crippen molar-refractivity contribution in [1.29, 1.82) is 0 Å². The van der Waals surface area contributed by atoms with Crippen molar-refractivity contribution >= 4 is 21.7 Å². The highest BCUT2D eigenvalue weighted by atomic mass is 32.2. The number of carbonyl (C=O) groups is 1. The average Bonchev–Trinajstić information content (AvgIpc) is 2.28. The minimum Gasteiger partial charge on any atom is -0.465 e. The zero-order chi connectivity index (χ0) is 14.6. The Hall–Kier alpha value is -1.56. The van der Waals surface area contributed by atoms with Gasteiger partial charge in [-0.05, 0) is 25.0 Å². The molecule has 0 atom stereocenters. The van der Waals surface area contributed by atoms with Crippen molar-refractivity contribution in [3.63, 3.8) is 0 Å². The van der Waals surface area contributed by atoms with Crippen molar-refractivity contribution in [3.8, 4) is 0 Å². The maximum absolute atomic E-state index is 11.9. The van der Waals surface area contributed by atoms with E-state index >= 15 is 0 Å². The predicted molar refractivity (Wildman–Crippen MR) is 74.8 cm³/mol. The molecule has 1 N–H and O–H groups in total. The van der Waals surface area contributed by atoms with Crippen LogP contribution < -0.4 is 4.72 Å². The van der Waals surface area contributed by atoms with E-state index in [0.29, 0.717) is 0 Å². The third kappa shape index (κ3) is 4.55. The van der Waals surface area contributed by atoms with Crippen LogP contribution in [0.3, 0.4) is 0 Å². The van der Waals surface area contributed by atoms with Crippen LogP contribution in [0.25, 0.3) is 0 Å². The zero-order valence-electron chi connectivity index (χ0n) is 11.6. The van der Waals surface area contributed by atoms with Gasteiger partial charge in [-0.2, -0.15) is 0 Å². The summed E-state index contributed by atoms with van der Waals surface area (Å²) in [4.78, 5) is 11.6. The first-order valence-corrected chi connectivity index (χ1v) is 7.60. The van der Waals surface area contributed by atoms with E-state index < -0.39 is 16.0 Å². The smallest absolute Gasteiger partial charge is 0.340 e. The maximum atomic E-state index is 11.9. The SMILES string of the molecule is COC(=O)c1cc(C)ccc1NS(=O)(=O)CC(C)C. The number of hydrogen-bond donors (Lipinski definition) is 1. The Kier molecular flexibility index (Phi) is 4.94. The van der Waals surface area contributed by atoms with E-state index in [4.69, 9.17) is 0 Å². The van der Waals surface area contributed by atoms with Gasteiger partial charge in [0.1, 0.15) is 0 Å². The molecule has 0 aliphatic carbocycles. The molecule has 0 aromatic heterocycles. The maximum Gasteiger partial charge on any atom is 0.340 e. The third-order valence-electron chi connectivity index (χ3n) is 2.40. The third-order valence-corrected chi connectivity index (χ3v) is 4.04. The van der Waals surface area contributed by atoms with Crippen LogP contribution in [0, 0.1) is 12.8 Å². The molecule has 1 aromatic carbocycles. The van der Waals surface area contributed by atoms with Crippen LogP contribution in [0.1, 0.15) is 29.8 Å². The van der Waals surface area contributed by atoms with E-state index in [2.05, 4.69) is 9.46 Å². The molecule has 106 valence electrons. The van der Waals surface area contributed by atoms with Crippen molar-refractivity contribution in [2.45, 2.75) is 20.8 Å². The summed E-state index contributed by atoms with van der Waals surface area (Å²) in [7, 11) is -2.21. The first kappa shape index (κ1) is 15.5. The van der Waals surface area contributed by atoms with Crippen molar-refractivity contribution in [2.24, 2.45) is 5.92 Å². The molecule has 0 radical (unpaired) electrons. The van der Waals surface area contributed by atoms with Crippen molar-refractivity contribution in [3.05, 3.63) is 29.3 Å². The van der Waals surface area contributed by atoms with Crippen LogP contribution in [-0.2, 0) is 14.8 Å². The highest BCUT2D eigenvalue weighted by Gasteiger charge is 2.18. The first-order valence-electron chi connectivity index (χ1n) is 5.94. The molecule has 0 aliphatic rings. The molecule has 0 saturated heterocycles. The van der Waals surface area contributed by atoms with Crippen LogP contribution in [0.15, 0.2) is 18.2 Å². The van der Waals surface area contributed by atoms with Crippen LogP contribution in [-0.4, -0.2) is 27.2 Å². The lowest BCUT2D eigenvalue weighted by molar-refractivity contribution is 0.0602. The van der Waals surface area contributed by atoms with E-state index in [1.165, 1.54) is 7.11 Å². The van der Waals surface area contributed by atoms with Crippen LogP contribution in [0.4, 0.5) is 5.69 Å². The second-order valence-corrected chi connectivity index (χ2v) is 6.58. The summed E-state index contributed by atoms with van der Waals surface area (Å²) in [5.74, 6) is -0.558. The molecule has 0 saturated carbocycles.